The number of carbonyl (C=O) groups excluding carboxylic acids is 1. The first-order chi connectivity index (χ1) is 15.9. The Morgan fingerprint density at radius 3 is 2.67 bits per heavy atom. The Hall–Kier alpha value is -4.37. The van der Waals surface area contributed by atoms with Gasteiger partial charge in [-0.2, -0.15) is 0 Å². The maximum absolute atomic E-state index is 13.0. The Morgan fingerprint density at radius 2 is 1.85 bits per heavy atom. The van der Waals surface area contributed by atoms with Crippen molar-refractivity contribution in [2.75, 3.05) is 5.73 Å². The Bertz CT molecular complexity index is 1510. The average molecular weight is 461 g/mol. The van der Waals surface area contributed by atoms with E-state index in [1.54, 1.807) is 30.3 Å². The molecule has 3 aromatic carbocycles. The molecule has 0 amide bonds. The quantitative estimate of drug-likeness (QED) is 0.286. The fourth-order valence-corrected chi connectivity index (χ4v) is 4.70. The number of benzene rings is 3. The maximum atomic E-state index is 13.0. The minimum absolute atomic E-state index is 0.0376. The van der Waals surface area contributed by atoms with E-state index in [0.29, 0.717) is 22.3 Å². The lowest BCUT2D eigenvalue weighted by Crippen LogP contribution is -2.34. The SMILES string of the molecule is Nc1c(-c2nnncc2Cl)c(O)cc2c1C1(OC(=O)c3ccccc31)c1ccc(O)cc1O2. The van der Waals surface area contributed by atoms with Gasteiger partial charge in [-0.1, -0.05) is 29.8 Å². The third kappa shape index (κ3) is 2.48. The molecule has 1 unspecified atom stereocenters. The van der Waals surface area contributed by atoms with Gasteiger partial charge in [-0.05, 0) is 23.4 Å². The van der Waals surface area contributed by atoms with Gasteiger partial charge >= 0.3 is 5.97 Å². The van der Waals surface area contributed by atoms with Crippen molar-refractivity contribution < 1.29 is 24.5 Å². The van der Waals surface area contributed by atoms with Crippen LogP contribution < -0.4 is 10.5 Å². The zero-order valence-corrected chi connectivity index (χ0v) is 17.4. The number of hydrogen-bond donors (Lipinski definition) is 3. The van der Waals surface area contributed by atoms with Crippen molar-refractivity contribution in [2.45, 2.75) is 5.60 Å². The first-order valence-electron chi connectivity index (χ1n) is 9.76. The molecule has 0 bridgehead atoms. The van der Waals surface area contributed by atoms with Gasteiger partial charge in [0.2, 0.25) is 0 Å². The largest absolute Gasteiger partial charge is 0.508 e. The molecular weight excluding hydrogens is 448 g/mol. The van der Waals surface area contributed by atoms with E-state index in [9.17, 15) is 15.0 Å². The summed E-state index contributed by atoms with van der Waals surface area (Å²) in [5.41, 5.74) is 7.02. The molecule has 2 aliphatic rings. The normalized spacial score (nSPS) is 17.7. The maximum Gasteiger partial charge on any atom is 0.340 e. The van der Waals surface area contributed by atoms with Gasteiger partial charge in [0.1, 0.15) is 28.7 Å². The lowest BCUT2D eigenvalue weighted by molar-refractivity contribution is 0.0227. The molecule has 0 saturated heterocycles. The molecule has 0 aliphatic carbocycles. The zero-order chi connectivity index (χ0) is 22.9. The van der Waals surface area contributed by atoms with E-state index in [1.165, 1.54) is 24.4 Å². The molecule has 10 heteroatoms. The van der Waals surface area contributed by atoms with Crippen LogP contribution in [0.25, 0.3) is 11.3 Å². The standard InChI is InChI=1S/C23H13ClN4O5/c24-14-9-26-28-27-21(14)18-15(30)8-17-19(20(18)25)23(13-6-5-10(29)7-16(13)32-17)12-4-2-1-3-11(12)22(31)33-23/h1-9,29-30H,25H2. The number of aromatic hydroxyl groups is 2. The van der Waals surface area contributed by atoms with Crippen LogP contribution in [0.1, 0.15) is 27.0 Å². The first kappa shape index (κ1) is 19.3. The molecule has 1 spiro atoms. The first-order valence-corrected chi connectivity index (χ1v) is 10.1. The third-order valence-electron chi connectivity index (χ3n) is 5.83. The van der Waals surface area contributed by atoms with Crippen LogP contribution >= 0.6 is 11.6 Å². The number of halogens is 1. The highest BCUT2D eigenvalue weighted by atomic mass is 35.5. The summed E-state index contributed by atoms with van der Waals surface area (Å²) in [6.07, 6.45) is 1.28. The summed E-state index contributed by atoms with van der Waals surface area (Å²) in [6, 6.07) is 12.7. The van der Waals surface area contributed by atoms with Gasteiger partial charge in [0.15, 0.2) is 5.60 Å². The van der Waals surface area contributed by atoms with Crippen LogP contribution in [0.5, 0.6) is 23.0 Å². The van der Waals surface area contributed by atoms with Crippen LogP contribution in [-0.4, -0.2) is 31.6 Å². The van der Waals surface area contributed by atoms with Gasteiger partial charge in [-0.15, -0.1) is 10.2 Å². The van der Waals surface area contributed by atoms with Crippen molar-refractivity contribution >= 4 is 23.3 Å². The number of nitrogen functional groups attached to an aromatic ring is 1. The minimum atomic E-state index is -1.50. The molecule has 9 nitrogen and oxygen atoms in total. The number of nitrogens with zero attached hydrogens (tertiary/aromatic N) is 3. The number of hydrogen-bond acceptors (Lipinski definition) is 9. The van der Waals surface area contributed by atoms with Crippen LogP contribution in [0.15, 0.2) is 54.7 Å². The lowest BCUT2D eigenvalue weighted by Gasteiger charge is -2.37. The molecule has 0 radical (unpaired) electrons. The smallest absolute Gasteiger partial charge is 0.340 e. The molecule has 162 valence electrons. The van der Waals surface area contributed by atoms with Crippen molar-refractivity contribution in [1.29, 1.82) is 0 Å². The van der Waals surface area contributed by atoms with Crippen molar-refractivity contribution in [3.05, 3.63) is 82.0 Å². The number of ether oxygens (including phenoxy) is 2. The fraction of sp³-hybridized carbons (Fsp3) is 0.0435. The molecule has 1 atom stereocenters. The number of anilines is 1. The van der Waals surface area contributed by atoms with Gasteiger partial charge in [-0.25, -0.2) is 4.79 Å². The summed E-state index contributed by atoms with van der Waals surface area (Å²) in [5.74, 6) is -0.467. The van der Waals surface area contributed by atoms with Gasteiger partial charge in [0.25, 0.3) is 0 Å². The van der Waals surface area contributed by atoms with E-state index in [4.69, 9.17) is 26.8 Å². The van der Waals surface area contributed by atoms with E-state index in [-0.39, 0.29) is 45.0 Å². The highest BCUT2D eigenvalue weighted by molar-refractivity contribution is 6.33. The summed E-state index contributed by atoms with van der Waals surface area (Å²) in [6.45, 7) is 0. The van der Waals surface area contributed by atoms with Crippen molar-refractivity contribution in [1.82, 2.24) is 15.4 Å². The van der Waals surface area contributed by atoms with Crippen molar-refractivity contribution in [2.24, 2.45) is 0 Å². The van der Waals surface area contributed by atoms with E-state index in [1.807, 2.05) is 0 Å². The van der Waals surface area contributed by atoms with Crippen molar-refractivity contribution in [3.63, 3.8) is 0 Å². The Morgan fingerprint density at radius 1 is 1.03 bits per heavy atom. The summed E-state index contributed by atoms with van der Waals surface area (Å²) in [7, 11) is 0. The molecule has 0 fully saturated rings. The minimum Gasteiger partial charge on any atom is -0.508 e. The molecule has 2 aliphatic heterocycles. The number of fused-ring (bicyclic) bond motifs is 6. The Labute approximate surface area is 191 Å². The number of rotatable bonds is 1. The van der Waals surface area contributed by atoms with Gasteiger partial charge in [-0.3, -0.25) is 0 Å². The summed E-state index contributed by atoms with van der Waals surface area (Å²) < 4.78 is 12.1. The molecule has 4 N–H and O–H groups in total. The fourth-order valence-electron chi connectivity index (χ4n) is 4.52. The second-order valence-electron chi connectivity index (χ2n) is 7.59. The Kier molecular flexibility index (Phi) is 3.84. The second-order valence-corrected chi connectivity index (χ2v) is 7.99. The number of aromatic nitrogens is 3. The second kappa shape index (κ2) is 6.57. The molecule has 6 rings (SSSR count). The third-order valence-corrected chi connectivity index (χ3v) is 6.10. The number of nitrogens with two attached hydrogens (primary N) is 1. The number of phenols is 2. The number of esters is 1. The molecule has 4 aromatic rings. The summed E-state index contributed by atoms with van der Waals surface area (Å²) >= 11 is 6.26. The van der Waals surface area contributed by atoms with E-state index >= 15 is 0 Å². The monoisotopic (exact) mass is 460 g/mol. The van der Waals surface area contributed by atoms with Crippen LogP contribution in [0.2, 0.25) is 5.02 Å². The zero-order valence-electron chi connectivity index (χ0n) is 16.6. The highest BCUT2D eigenvalue weighted by Crippen LogP contribution is 2.60. The highest BCUT2D eigenvalue weighted by Gasteiger charge is 2.55. The molecule has 3 heterocycles. The van der Waals surface area contributed by atoms with E-state index in [0.717, 1.165) is 0 Å². The summed E-state index contributed by atoms with van der Waals surface area (Å²) in [5, 5.41) is 32.2. The average Bonchev–Trinajstić information content (AvgIpc) is 3.07. The Balaban J connectivity index is 1.75. The van der Waals surface area contributed by atoms with Crippen molar-refractivity contribution in [3.8, 4) is 34.3 Å². The van der Waals surface area contributed by atoms with E-state index < -0.39 is 11.6 Å². The van der Waals surface area contributed by atoms with Crippen LogP contribution in [0, 0.1) is 0 Å². The van der Waals surface area contributed by atoms with Crippen LogP contribution in [-0.2, 0) is 10.3 Å². The predicted molar refractivity (Wildman–Crippen MR) is 116 cm³/mol. The predicted octanol–water partition coefficient (Wildman–Crippen LogP) is 3.75. The van der Waals surface area contributed by atoms with Crippen LogP contribution in [0.4, 0.5) is 5.69 Å². The van der Waals surface area contributed by atoms with E-state index in [2.05, 4.69) is 15.4 Å². The molecular formula is C23H13ClN4O5. The summed E-state index contributed by atoms with van der Waals surface area (Å²) in [4.78, 5) is 13.0. The van der Waals surface area contributed by atoms with Crippen LogP contribution in [0.3, 0.4) is 0 Å². The molecule has 1 aromatic heterocycles. The van der Waals surface area contributed by atoms with Gasteiger partial charge in [0.05, 0.1) is 33.6 Å². The van der Waals surface area contributed by atoms with Gasteiger partial charge in [0, 0.05) is 23.3 Å². The number of phenolic OH excluding ortho intramolecular Hbond substituents is 2. The number of carbonyl (C=O) groups is 1. The molecule has 0 saturated carbocycles. The van der Waals surface area contributed by atoms with Gasteiger partial charge < -0.3 is 25.4 Å². The topological polar surface area (TPSA) is 141 Å². The molecule has 33 heavy (non-hydrogen) atoms. The lowest BCUT2D eigenvalue weighted by atomic mass is 9.76.